The van der Waals surface area contributed by atoms with Gasteiger partial charge in [0.1, 0.15) is 6.42 Å². The second-order valence-corrected chi connectivity index (χ2v) is 9.69. The number of benzene rings is 1. The molecule has 2 aromatic heterocycles. The summed E-state index contributed by atoms with van der Waals surface area (Å²) in [5.74, 6) is 0.264. The maximum absolute atomic E-state index is 13.1. The Labute approximate surface area is 167 Å². The molecule has 0 saturated carbocycles. The fourth-order valence-corrected chi connectivity index (χ4v) is 6.42. The average molecular weight is 413 g/mol. The molecule has 1 aromatic carbocycles. The van der Waals surface area contributed by atoms with E-state index in [9.17, 15) is 13.2 Å². The molecule has 0 radical (unpaired) electrons. The Hall–Kier alpha value is -3.01. The standard InChI is InChI=1S/C19H19N5O4S/c1-11-21-18(28-22-11)6-19(25)24-9-15-14-5-12(13-7-20-23(2)8-13)3-4-16(14)29(26,27)17(15)10-24/h3-5,7-8,15,17H,6,9-10H2,1-2H3/t15-,17-/m0/s1. The molecule has 4 heterocycles. The number of fused-ring (bicyclic) bond motifs is 3. The summed E-state index contributed by atoms with van der Waals surface area (Å²) < 4.78 is 32.8. The monoisotopic (exact) mass is 413 g/mol. The van der Waals surface area contributed by atoms with Gasteiger partial charge in [0.05, 0.1) is 16.3 Å². The van der Waals surface area contributed by atoms with Gasteiger partial charge in [0.25, 0.3) is 0 Å². The molecule has 1 fully saturated rings. The molecule has 2 aliphatic heterocycles. The van der Waals surface area contributed by atoms with Crippen LogP contribution in [0.5, 0.6) is 0 Å². The first-order valence-electron chi connectivity index (χ1n) is 9.27. The van der Waals surface area contributed by atoms with Crippen LogP contribution >= 0.6 is 0 Å². The topological polar surface area (TPSA) is 111 Å². The molecule has 2 atom stereocenters. The van der Waals surface area contributed by atoms with Gasteiger partial charge >= 0.3 is 0 Å². The van der Waals surface area contributed by atoms with Crippen molar-refractivity contribution in [1.82, 2.24) is 24.8 Å². The molecule has 1 amide bonds. The van der Waals surface area contributed by atoms with Crippen molar-refractivity contribution in [3.05, 3.63) is 47.9 Å². The Kier molecular flexibility index (Phi) is 3.89. The first-order valence-corrected chi connectivity index (χ1v) is 10.8. The smallest absolute Gasteiger partial charge is 0.236 e. The van der Waals surface area contributed by atoms with Crippen molar-refractivity contribution in [3.8, 4) is 11.1 Å². The zero-order valence-corrected chi connectivity index (χ0v) is 16.8. The van der Waals surface area contributed by atoms with Crippen LogP contribution in [0, 0.1) is 6.92 Å². The molecule has 2 aliphatic rings. The summed E-state index contributed by atoms with van der Waals surface area (Å²) in [6.07, 6.45) is 3.61. The van der Waals surface area contributed by atoms with E-state index < -0.39 is 15.1 Å². The van der Waals surface area contributed by atoms with Crippen molar-refractivity contribution in [2.45, 2.75) is 29.4 Å². The van der Waals surface area contributed by atoms with Gasteiger partial charge in [0.15, 0.2) is 15.7 Å². The fourth-order valence-electron chi connectivity index (χ4n) is 4.25. The van der Waals surface area contributed by atoms with E-state index in [2.05, 4.69) is 15.2 Å². The molecule has 3 aromatic rings. The van der Waals surface area contributed by atoms with Gasteiger partial charge < -0.3 is 9.42 Å². The van der Waals surface area contributed by atoms with Gasteiger partial charge in [-0.15, -0.1) is 0 Å². The summed E-state index contributed by atoms with van der Waals surface area (Å²) in [7, 11) is -1.64. The lowest BCUT2D eigenvalue weighted by atomic mass is 9.95. The normalized spacial score (nSPS) is 21.9. The maximum atomic E-state index is 13.1. The minimum absolute atomic E-state index is 0.0249. The molecular formula is C19H19N5O4S. The number of rotatable bonds is 3. The number of aryl methyl sites for hydroxylation is 2. The summed E-state index contributed by atoms with van der Waals surface area (Å²) in [4.78, 5) is 18.7. The van der Waals surface area contributed by atoms with Crippen LogP contribution in [-0.2, 0) is 28.1 Å². The molecule has 150 valence electrons. The molecule has 5 rings (SSSR count). The van der Waals surface area contributed by atoms with Crippen LogP contribution < -0.4 is 0 Å². The maximum Gasteiger partial charge on any atom is 0.236 e. The van der Waals surface area contributed by atoms with Crippen molar-refractivity contribution >= 4 is 15.7 Å². The number of aromatic nitrogens is 4. The third-order valence-corrected chi connectivity index (χ3v) is 7.90. The summed E-state index contributed by atoms with van der Waals surface area (Å²) in [6.45, 7) is 2.22. The number of hydrogen-bond donors (Lipinski definition) is 0. The Bertz CT molecular complexity index is 1230. The van der Waals surface area contributed by atoms with Crippen molar-refractivity contribution in [2.75, 3.05) is 13.1 Å². The highest BCUT2D eigenvalue weighted by molar-refractivity contribution is 7.92. The van der Waals surface area contributed by atoms with E-state index in [0.29, 0.717) is 17.3 Å². The van der Waals surface area contributed by atoms with E-state index in [0.717, 1.165) is 16.7 Å². The van der Waals surface area contributed by atoms with Gasteiger partial charge in [-0.3, -0.25) is 9.48 Å². The number of amides is 1. The Balaban J connectivity index is 1.44. The van der Waals surface area contributed by atoms with Crippen LogP contribution in [0.25, 0.3) is 11.1 Å². The lowest BCUT2D eigenvalue weighted by Crippen LogP contribution is -2.32. The third kappa shape index (κ3) is 2.86. The number of hydrogen-bond acceptors (Lipinski definition) is 7. The number of sulfone groups is 1. The highest BCUT2D eigenvalue weighted by Crippen LogP contribution is 2.46. The molecule has 0 unspecified atom stereocenters. The van der Waals surface area contributed by atoms with Crippen molar-refractivity contribution in [1.29, 1.82) is 0 Å². The molecule has 1 saturated heterocycles. The van der Waals surface area contributed by atoms with Crippen LogP contribution in [0.15, 0.2) is 40.0 Å². The van der Waals surface area contributed by atoms with Crippen LogP contribution in [-0.4, -0.2) is 57.5 Å². The first kappa shape index (κ1) is 18.0. The van der Waals surface area contributed by atoms with E-state index in [1.54, 1.807) is 28.8 Å². The summed E-state index contributed by atoms with van der Waals surface area (Å²) in [5, 5.41) is 7.26. The Morgan fingerprint density at radius 3 is 2.79 bits per heavy atom. The quantitative estimate of drug-likeness (QED) is 0.632. The number of nitrogens with zero attached hydrogens (tertiary/aromatic N) is 5. The molecule has 9 nitrogen and oxygen atoms in total. The fraction of sp³-hybridized carbons (Fsp3) is 0.368. The minimum Gasteiger partial charge on any atom is -0.340 e. The molecule has 29 heavy (non-hydrogen) atoms. The van der Waals surface area contributed by atoms with Crippen LogP contribution in [0.3, 0.4) is 0 Å². The van der Waals surface area contributed by atoms with Crippen molar-refractivity contribution < 1.29 is 17.7 Å². The molecule has 0 spiro atoms. The zero-order chi connectivity index (χ0) is 20.3. The lowest BCUT2D eigenvalue weighted by Gasteiger charge is -2.17. The Morgan fingerprint density at radius 1 is 1.28 bits per heavy atom. The van der Waals surface area contributed by atoms with E-state index in [4.69, 9.17) is 4.52 Å². The highest BCUT2D eigenvalue weighted by atomic mass is 32.2. The van der Waals surface area contributed by atoms with Gasteiger partial charge in [-0.2, -0.15) is 10.1 Å². The van der Waals surface area contributed by atoms with Crippen LogP contribution in [0.1, 0.15) is 23.2 Å². The second-order valence-electron chi connectivity index (χ2n) is 7.56. The van der Waals surface area contributed by atoms with Gasteiger partial charge in [0, 0.05) is 37.8 Å². The summed E-state index contributed by atoms with van der Waals surface area (Å²) in [5.41, 5.74) is 2.62. The van der Waals surface area contributed by atoms with E-state index in [1.165, 1.54) is 0 Å². The van der Waals surface area contributed by atoms with E-state index in [-0.39, 0.29) is 30.7 Å². The molecule has 0 N–H and O–H groups in total. The lowest BCUT2D eigenvalue weighted by molar-refractivity contribution is -0.129. The molecule has 0 aliphatic carbocycles. The van der Waals surface area contributed by atoms with Gasteiger partial charge in [0.2, 0.25) is 11.8 Å². The van der Waals surface area contributed by atoms with Crippen LogP contribution in [0.2, 0.25) is 0 Å². The largest absolute Gasteiger partial charge is 0.340 e. The first-order chi connectivity index (χ1) is 13.8. The van der Waals surface area contributed by atoms with E-state index in [1.807, 2.05) is 25.4 Å². The predicted octanol–water partition coefficient (Wildman–Crippen LogP) is 1.10. The molecular weight excluding hydrogens is 394 g/mol. The molecule has 0 bridgehead atoms. The minimum atomic E-state index is -3.48. The predicted molar refractivity (Wildman–Crippen MR) is 102 cm³/mol. The van der Waals surface area contributed by atoms with E-state index >= 15 is 0 Å². The second kappa shape index (κ2) is 6.24. The summed E-state index contributed by atoms with van der Waals surface area (Å²) in [6, 6.07) is 5.41. The average Bonchev–Trinajstić information content (AvgIpc) is 3.43. The number of carbonyl (C=O) groups excluding carboxylic acids is 1. The van der Waals surface area contributed by atoms with Gasteiger partial charge in [-0.25, -0.2) is 8.42 Å². The third-order valence-electron chi connectivity index (χ3n) is 5.64. The highest BCUT2D eigenvalue weighted by Gasteiger charge is 2.51. The SMILES string of the molecule is Cc1noc(CC(=O)N2C[C@H]3c4cc(-c5cnn(C)c5)ccc4S(=O)(=O)[C@H]3C2)n1. The van der Waals surface area contributed by atoms with Crippen molar-refractivity contribution in [3.63, 3.8) is 0 Å². The van der Waals surface area contributed by atoms with Gasteiger partial charge in [-0.05, 0) is 30.2 Å². The van der Waals surface area contributed by atoms with Crippen molar-refractivity contribution in [2.24, 2.45) is 7.05 Å². The molecule has 10 heteroatoms. The zero-order valence-electron chi connectivity index (χ0n) is 15.9. The Morgan fingerprint density at radius 2 is 2.10 bits per heavy atom. The van der Waals surface area contributed by atoms with Gasteiger partial charge in [-0.1, -0.05) is 11.2 Å². The van der Waals surface area contributed by atoms with Crippen LogP contribution in [0.4, 0.5) is 0 Å². The number of likely N-dealkylation sites (tertiary alicyclic amines) is 1. The number of carbonyl (C=O) groups is 1. The summed E-state index contributed by atoms with van der Waals surface area (Å²) >= 11 is 0.